The Morgan fingerprint density at radius 1 is 1.11 bits per heavy atom. The van der Waals surface area contributed by atoms with Gasteiger partial charge in [-0.1, -0.05) is 34.7 Å². The lowest BCUT2D eigenvalue weighted by molar-refractivity contribution is -0.303. The third kappa shape index (κ3) is 5.96. The number of rotatable bonds is 8. The van der Waals surface area contributed by atoms with Crippen LogP contribution >= 0.6 is 0 Å². The molecule has 0 bridgehead atoms. The third-order valence-electron chi connectivity index (χ3n) is 8.49. The number of halogens is 2. The first-order valence-corrected chi connectivity index (χ1v) is 14.6. The number of amides is 1. The summed E-state index contributed by atoms with van der Waals surface area (Å²) in [4.78, 5) is 13.8. The molecule has 1 amide bonds. The van der Waals surface area contributed by atoms with Crippen LogP contribution in [0.1, 0.15) is 37.8 Å². The molecule has 13 nitrogen and oxygen atoms in total. The summed E-state index contributed by atoms with van der Waals surface area (Å²) in [6, 6.07) is 9.48. The van der Waals surface area contributed by atoms with Crippen LogP contribution in [0.2, 0.25) is 0 Å². The van der Waals surface area contributed by atoms with Crippen LogP contribution in [0.4, 0.5) is 8.78 Å². The number of hydrogen-bond donors (Lipinski definition) is 4. The molecule has 15 heteroatoms. The molecule has 0 unspecified atom stereocenters. The van der Waals surface area contributed by atoms with Crippen LogP contribution in [0.3, 0.4) is 0 Å². The van der Waals surface area contributed by atoms with E-state index in [9.17, 15) is 28.9 Å². The lowest BCUT2D eigenvalue weighted by atomic mass is 9.86. The smallest absolute Gasteiger partial charge is 0.283 e. The monoisotopic (exact) mass is 625 g/mol. The molecule has 3 heterocycles. The Morgan fingerprint density at radius 2 is 1.84 bits per heavy atom. The fourth-order valence-corrected chi connectivity index (χ4v) is 6.30. The number of aliphatic hydroxyl groups is 3. The van der Waals surface area contributed by atoms with Gasteiger partial charge in [0, 0.05) is 24.7 Å². The van der Waals surface area contributed by atoms with Gasteiger partial charge in [0.05, 0.1) is 55.0 Å². The zero-order valence-corrected chi connectivity index (χ0v) is 24.3. The van der Waals surface area contributed by atoms with E-state index in [0.29, 0.717) is 41.8 Å². The van der Waals surface area contributed by atoms with Crippen molar-refractivity contribution in [3.63, 3.8) is 0 Å². The standard InChI is InChI=1S/C30H33F2N7O6/c1-44-28-25(38-15-23(35-37-38)17-5-2-7-19(31)11-17)13-21(16-40)45-30(28,43)29(42)34-22-9-4-10-24(27(22)41)39-26(14-33-36-39)18-6-3-8-20(32)12-18/h2-3,5-8,11-12,14-15,21-22,24-25,27-28,40-41,43H,4,9-10,13,16H2,1H3,(H,34,42)/t21-,22-,24+,25+,27+,28-,30-/m1/s1. The minimum Gasteiger partial charge on any atom is -0.394 e. The van der Waals surface area contributed by atoms with Crippen molar-refractivity contribution in [3.8, 4) is 22.5 Å². The van der Waals surface area contributed by atoms with Gasteiger partial charge in [-0.05, 0) is 43.5 Å². The number of ether oxygens (including phenoxy) is 2. The number of benzene rings is 2. The maximum absolute atomic E-state index is 13.9. The lowest BCUT2D eigenvalue weighted by Crippen LogP contribution is -2.66. The molecule has 1 saturated heterocycles. The Hall–Kier alpha value is -4.15. The zero-order chi connectivity index (χ0) is 31.7. The average molecular weight is 626 g/mol. The molecule has 4 aromatic rings. The van der Waals surface area contributed by atoms with Crippen molar-refractivity contribution >= 4 is 5.91 Å². The van der Waals surface area contributed by atoms with E-state index in [1.54, 1.807) is 18.2 Å². The highest BCUT2D eigenvalue weighted by molar-refractivity contribution is 5.84. The fourth-order valence-electron chi connectivity index (χ4n) is 6.30. The van der Waals surface area contributed by atoms with Crippen molar-refractivity contribution in [3.05, 3.63) is 72.6 Å². The summed E-state index contributed by atoms with van der Waals surface area (Å²) in [5, 5.41) is 52.3. The maximum Gasteiger partial charge on any atom is 0.283 e. The SMILES string of the molecule is CO[C@@H]1[C@@H](n2cc(-c3cccc(F)c3)nn2)C[C@H](CO)O[C@@]1(O)C(=O)N[C@@H]1CCC[C@H](n2nncc2-c2cccc(F)c2)[C@H]1O. The van der Waals surface area contributed by atoms with E-state index in [1.807, 2.05) is 0 Å². The summed E-state index contributed by atoms with van der Waals surface area (Å²) < 4.78 is 42.0. The number of carbonyl (C=O) groups excluding carboxylic acids is 1. The molecule has 4 N–H and O–H groups in total. The van der Waals surface area contributed by atoms with Crippen LogP contribution in [-0.4, -0.2) is 95.1 Å². The molecule has 1 aliphatic carbocycles. The van der Waals surface area contributed by atoms with Crippen molar-refractivity contribution < 1.29 is 38.4 Å². The molecule has 1 saturated carbocycles. The van der Waals surface area contributed by atoms with E-state index in [-0.39, 0.29) is 6.42 Å². The van der Waals surface area contributed by atoms with Crippen LogP contribution in [0.5, 0.6) is 0 Å². The minimum absolute atomic E-state index is 0.111. The van der Waals surface area contributed by atoms with Crippen molar-refractivity contribution in [1.82, 2.24) is 35.3 Å². The largest absolute Gasteiger partial charge is 0.394 e. The lowest BCUT2D eigenvalue weighted by Gasteiger charge is -2.45. The van der Waals surface area contributed by atoms with Gasteiger partial charge in [0.25, 0.3) is 11.7 Å². The van der Waals surface area contributed by atoms with E-state index >= 15 is 0 Å². The van der Waals surface area contributed by atoms with Gasteiger partial charge in [0.1, 0.15) is 23.4 Å². The number of nitrogens with zero attached hydrogens (tertiary/aromatic N) is 6. The molecule has 45 heavy (non-hydrogen) atoms. The molecule has 7 atom stereocenters. The Kier molecular flexibility index (Phi) is 8.70. The normalized spacial score (nSPS) is 28.6. The predicted octanol–water partition coefficient (Wildman–Crippen LogP) is 1.78. The van der Waals surface area contributed by atoms with Gasteiger partial charge in [0.2, 0.25) is 0 Å². The molecule has 2 aromatic heterocycles. The minimum atomic E-state index is -2.59. The van der Waals surface area contributed by atoms with E-state index in [4.69, 9.17) is 9.47 Å². The summed E-state index contributed by atoms with van der Waals surface area (Å²) in [5.41, 5.74) is 1.86. The maximum atomic E-state index is 13.9. The van der Waals surface area contributed by atoms with Crippen molar-refractivity contribution in [1.29, 1.82) is 0 Å². The number of hydrogen-bond acceptors (Lipinski definition) is 10. The quantitative estimate of drug-likeness (QED) is 0.226. The molecule has 0 spiro atoms. The topological polar surface area (TPSA) is 170 Å². The second kappa shape index (κ2) is 12.7. The van der Waals surface area contributed by atoms with Crippen molar-refractivity contribution in [2.24, 2.45) is 0 Å². The zero-order valence-electron chi connectivity index (χ0n) is 24.3. The van der Waals surface area contributed by atoms with Crippen molar-refractivity contribution in [2.45, 2.75) is 67.9 Å². The molecule has 2 aliphatic rings. The molecule has 1 aliphatic heterocycles. The molecule has 0 radical (unpaired) electrons. The fraction of sp³-hybridized carbons (Fsp3) is 0.433. The van der Waals surface area contributed by atoms with Gasteiger partial charge in [0.15, 0.2) is 0 Å². The van der Waals surface area contributed by atoms with Gasteiger partial charge >= 0.3 is 0 Å². The van der Waals surface area contributed by atoms with Crippen molar-refractivity contribution in [2.75, 3.05) is 13.7 Å². The number of carbonyl (C=O) groups is 1. The molecular weight excluding hydrogens is 592 g/mol. The number of methoxy groups -OCH3 is 1. The first-order chi connectivity index (χ1) is 21.7. The van der Waals surface area contributed by atoms with E-state index < -0.39 is 66.4 Å². The van der Waals surface area contributed by atoms with Gasteiger partial charge in [-0.3, -0.25) is 4.79 Å². The molecular formula is C30H33F2N7O6. The first-order valence-electron chi connectivity index (χ1n) is 14.6. The van der Waals surface area contributed by atoms with Crippen LogP contribution in [0.25, 0.3) is 22.5 Å². The second-order valence-electron chi connectivity index (χ2n) is 11.3. The van der Waals surface area contributed by atoms with Gasteiger partial charge in [-0.15, -0.1) is 10.2 Å². The van der Waals surface area contributed by atoms with E-state index in [2.05, 4.69) is 25.9 Å². The Labute approximate surface area is 256 Å². The first kappa shape index (κ1) is 30.9. The summed E-state index contributed by atoms with van der Waals surface area (Å²) in [7, 11) is 1.30. The summed E-state index contributed by atoms with van der Waals surface area (Å²) in [6.45, 7) is -0.517. The van der Waals surface area contributed by atoms with E-state index in [1.165, 1.54) is 59.2 Å². The summed E-state index contributed by atoms with van der Waals surface area (Å²) >= 11 is 0. The highest BCUT2D eigenvalue weighted by Crippen LogP contribution is 2.38. The van der Waals surface area contributed by atoms with Crippen LogP contribution in [-0.2, 0) is 14.3 Å². The predicted molar refractivity (Wildman–Crippen MR) is 153 cm³/mol. The number of aliphatic hydroxyl groups excluding tert-OH is 2. The molecule has 2 aromatic carbocycles. The summed E-state index contributed by atoms with van der Waals surface area (Å²) in [5.74, 6) is -4.45. The Bertz CT molecular complexity index is 1650. The van der Waals surface area contributed by atoms with Gasteiger partial charge in [-0.2, -0.15) is 0 Å². The van der Waals surface area contributed by atoms with Crippen LogP contribution in [0.15, 0.2) is 60.9 Å². The summed E-state index contributed by atoms with van der Waals surface area (Å²) in [6.07, 6.45) is 1.16. The molecule has 6 rings (SSSR count). The Balaban J connectivity index is 1.23. The van der Waals surface area contributed by atoms with Crippen LogP contribution in [0, 0.1) is 11.6 Å². The highest BCUT2D eigenvalue weighted by Gasteiger charge is 2.56. The molecule has 2 fully saturated rings. The van der Waals surface area contributed by atoms with Gasteiger partial charge in [-0.25, -0.2) is 18.1 Å². The van der Waals surface area contributed by atoms with E-state index in [0.717, 1.165) is 0 Å². The highest BCUT2D eigenvalue weighted by atomic mass is 19.1. The van der Waals surface area contributed by atoms with Crippen LogP contribution < -0.4 is 5.32 Å². The van der Waals surface area contributed by atoms with Gasteiger partial charge < -0.3 is 30.1 Å². The average Bonchev–Trinajstić information content (AvgIpc) is 3.72. The molecule has 238 valence electrons. The number of aromatic nitrogens is 6. The Morgan fingerprint density at radius 3 is 2.56 bits per heavy atom. The second-order valence-corrected chi connectivity index (χ2v) is 11.3. The number of nitrogens with one attached hydrogen (secondary N) is 1. The third-order valence-corrected chi connectivity index (χ3v) is 8.49.